The lowest BCUT2D eigenvalue weighted by Gasteiger charge is -2.23. The summed E-state index contributed by atoms with van der Waals surface area (Å²) in [5.74, 6) is -0.101. The van der Waals surface area contributed by atoms with Gasteiger partial charge in [-0.2, -0.15) is 0 Å². The Hall–Kier alpha value is -1.34. The lowest BCUT2D eigenvalue weighted by molar-refractivity contribution is -0.119. The summed E-state index contributed by atoms with van der Waals surface area (Å²) in [6.07, 6.45) is 6.19. The molecule has 0 spiro atoms. The van der Waals surface area contributed by atoms with Crippen molar-refractivity contribution < 1.29 is 9.59 Å². The topological polar surface area (TPSA) is 73.5 Å². The molecule has 1 heterocycles. The number of anilines is 2. The first-order valence-corrected chi connectivity index (χ1v) is 9.66. The van der Waals surface area contributed by atoms with Gasteiger partial charge in [0, 0.05) is 23.8 Å². The SMILES string of the molecule is CNCC(C)C(=O)Nc1ccc(NC(=O)CN2CCCCCCC2)cc1.Cl.Cl. The lowest BCUT2D eigenvalue weighted by atomic mass is 10.1. The van der Waals surface area contributed by atoms with Crippen molar-refractivity contribution in [3.8, 4) is 0 Å². The van der Waals surface area contributed by atoms with E-state index in [1.54, 1.807) is 0 Å². The quantitative estimate of drug-likeness (QED) is 0.615. The molecule has 1 saturated heterocycles. The fourth-order valence-electron chi connectivity index (χ4n) is 3.18. The van der Waals surface area contributed by atoms with Gasteiger partial charge in [0.05, 0.1) is 6.54 Å². The monoisotopic (exact) mass is 432 g/mol. The van der Waals surface area contributed by atoms with Crippen LogP contribution in [0.4, 0.5) is 11.4 Å². The van der Waals surface area contributed by atoms with E-state index in [0.717, 1.165) is 24.5 Å². The molecule has 1 aliphatic heterocycles. The number of carbonyl (C=O) groups excluding carboxylic acids is 2. The minimum absolute atomic E-state index is 0. The molecule has 0 aromatic heterocycles. The molecule has 1 fully saturated rings. The van der Waals surface area contributed by atoms with E-state index in [0.29, 0.717) is 13.1 Å². The van der Waals surface area contributed by atoms with E-state index < -0.39 is 0 Å². The van der Waals surface area contributed by atoms with Crippen molar-refractivity contribution in [2.24, 2.45) is 5.92 Å². The third-order valence-corrected chi connectivity index (χ3v) is 4.71. The molecule has 1 aromatic carbocycles. The minimum Gasteiger partial charge on any atom is -0.326 e. The van der Waals surface area contributed by atoms with E-state index in [-0.39, 0.29) is 42.5 Å². The van der Waals surface area contributed by atoms with Gasteiger partial charge in [-0.05, 0) is 57.2 Å². The number of nitrogens with zero attached hydrogens (tertiary/aromatic N) is 1. The van der Waals surface area contributed by atoms with Crippen molar-refractivity contribution in [3.63, 3.8) is 0 Å². The summed E-state index contributed by atoms with van der Waals surface area (Å²) >= 11 is 0. The summed E-state index contributed by atoms with van der Waals surface area (Å²) in [6.45, 7) is 4.97. The van der Waals surface area contributed by atoms with E-state index in [1.165, 1.54) is 32.1 Å². The number of benzene rings is 1. The van der Waals surface area contributed by atoms with E-state index in [1.807, 2.05) is 38.2 Å². The number of hydrogen-bond donors (Lipinski definition) is 3. The van der Waals surface area contributed by atoms with Gasteiger partial charge in [0.15, 0.2) is 0 Å². The summed E-state index contributed by atoms with van der Waals surface area (Å²) in [6, 6.07) is 7.28. The van der Waals surface area contributed by atoms with Crippen molar-refractivity contribution >= 4 is 48.0 Å². The first kappa shape index (κ1) is 26.7. The Labute approximate surface area is 181 Å². The van der Waals surface area contributed by atoms with E-state index in [2.05, 4.69) is 20.9 Å². The summed E-state index contributed by atoms with van der Waals surface area (Å²) in [5.41, 5.74) is 1.49. The second-order valence-corrected chi connectivity index (χ2v) is 7.12. The van der Waals surface area contributed by atoms with Gasteiger partial charge < -0.3 is 16.0 Å². The van der Waals surface area contributed by atoms with Crippen molar-refractivity contribution in [2.45, 2.75) is 39.0 Å². The summed E-state index contributed by atoms with van der Waals surface area (Å²) in [7, 11) is 1.83. The van der Waals surface area contributed by atoms with Gasteiger partial charge in [0.1, 0.15) is 0 Å². The molecule has 28 heavy (non-hydrogen) atoms. The largest absolute Gasteiger partial charge is 0.326 e. The van der Waals surface area contributed by atoms with Crippen LogP contribution in [0.25, 0.3) is 0 Å². The van der Waals surface area contributed by atoms with Crippen LogP contribution in [-0.2, 0) is 9.59 Å². The van der Waals surface area contributed by atoms with Gasteiger partial charge in [-0.3, -0.25) is 14.5 Å². The molecule has 160 valence electrons. The number of rotatable bonds is 7. The number of carbonyl (C=O) groups is 2. The van der Waals surface area contributed by atoms with E-state index in [4.69, 9.17) is 0 Å². The highest BCUT2D eigenvalue weighted by Crippen LogP contribution is 2.15. The molecule has 3 N–H and O–H groups in total. The average Bonchev–Trinajstić information content (AvgIpc) is 2.59. The molecule has 1 atom stereocenters. The first-order valence-electron chi connectivity index (χ1n) is 9.66. The summed E-state index contributed by atoms with van der Waals surface area (Å²) in [5, 5.41) is 8.82. The van der Waals surface area contributed by atoms with Crippen LogP contribution in [0.15, 0.2) is 24.3 Å². The fraction of sp³-hybridized carbons (Fsp3) is 0.600. The Morgan fingerprint density at radius 3 is 1.96 bits per heavy atom. The van der Waals surface area contributed by atoms with Crippen LogP contribution in [0.2, 0.25) is 0 Å². The van der Waals surface area contributed by atoms with Crippen LogP contribution < -0.4 is 16.0 Å². The molecule has 8 heteroatoms. The lowest BCUT2D eigenvalue weighted by Crippen LogP contribution is -2.35. The van der Waals surface area contributed by atoms with Gasteiger partial charge in [-0.15, -0.1) is 24.8 Å². The number of hydrogen-bond acceptors (Lipinski definition) is 4. The molecule has 2 amide bonds. The first-order chi connectivity index (χ1) is 12.6. The van der Waals surface area contributed by atoms with Crippen LogP contribution in [0, 0.1) is 5.92 Å². The zero-order chi connectivity index (χ0) is 18.8. The molecule has 2 rings (SSSR count). The maximum Gasteiger partial charge on any atom is 0.238 e. The smallest absolute Gasteiger partial charge is 0.238 e. The standard InChI is InChI=1S/C20H32N4O2.2ClH/c1-16(14-21-2)20(26)23-18-10-8-17(9-11-18)22-19(25)15-24-12-6-4-3-5-7-13-24;;/h8-11,16,21H,3-7,12-15H2,1-2H3,(H,22,25)(H,23,26);2*1H. The van der Waals surface area contributed by atoms with Crippen LogP contribution in [0.5, 0.6) is 0 Å². The van der Waals surface area contributed by atoms with E-state index in [9.17, 15) is 9.59 Å². The van der Waals surface area contributed by atoms with Crippen LogP contribution in [0.1, 0.15) is 39.0 Å². The van der Waals surface area contributed by atoms with E-state index >= 15 is 0 Å². The van der Waals surface area contributed by atoms with Crippen LogP contribution in [0.3, 0.4) is 0 Å². The normalized spacial score (nSPS) is 15.8. The number of amides is 2. The maximum atomic E-state index is 12.3. The predicted octanol–water partition coefficient (Wildman–Crippen LogP) is 3.53. The zero-order valence-electron chi connectivity index (χ0n) is 16.8. The Bertz CT molecular complexity index is 576. The van der Waals surface area contributed by atoms with Crippen molar-refractivity contribution in [1.82, 2.24) is 10.2 Å². The predicted molar refractivity (Wildman–Crippen MR) is 121 cm³/mol. The Morgan fingerprint density at radius 2 is 1.43 bits per heavy atom. The van der Waals surface area contributed by atoms with Crippen LogP contribution in [-0.4, -0.2) is 49.9 Å². The van der Waals surface area contributed by atoms with Gasteiger partial charge in [-0.25, -0.2) is 0 Å². The summed E-state index contributed by atoms with van der Waals surface area (Å²) < 4.78 is 0. The zero-order valence-corrected chi connectivity index (χ0v) is 18.5. The molecular formula is C20H34Cl2N4O2. The molecule has 0 aliphatic carbocycles. The van der Waals surface area contributed by atoms with Crippen LogP contribution >= 0.6 is 24.8 Å². The van der Waals surface area contributed by atoms with Gasteiger partial charge in [0.2, 0.25) is 11.8 Å². The second-order valence-electron chi connectivity index (χ2n) is 7.12. The molecule has 0 bridgehead atoms. The molecule has 6 nitrogen and oxygen atoms in total. The summed E-state index contributed by atoms with van der Waals surface area (Å²) in [4.78, 5) is 26.5. The minimum atomic E-state index is -0.0998. The molecular weight excluding hydrogens is 399 g/mol. The Kier molecular flexibility index (Phi) is 13.9. The Morgan fingerprint density at radius 1 is 0.929 bits per heavy atom. The second kappa shape index (κ2) is 14.6. The molecule has 1 aromatic rings. The van der Waals surface area contributed by atoms with Crippen molar-refractivity contribution in [1.29, 1.82) is 0 Å². The van der Waals surface area contributed by atoms with Crippen molar-refractivity contribution in [3.05, 3.63) is 24.3 Å². The highest BCUT2D eigenvalue weighted by atomic mass is 35.5. The fourth-order valence-corrected chi connectivity index (χ4v) is 3.18. The van der Waals surface area contributed by atoms with Gasteiger partial charge in [-0.1, -0.05) is 26.2 Å². The molecule has 1 unspecified atom stereocenters. The number of nitrogens with one attached hydrogen (secondary N) is 3. The molecule has 1 aliphatic rings. The highest BCUT2D eigenvalue weighted by Gasteiger charge is 2.13. The maximum absolute atomic E-state index is 12.3. The Balaban J connectivity index is 0.00000364. The third kappa shape index (κ3) is 9.73. The molecule has 0 saturated carbocycles. The average molecular weight is 433 g/mol. The molecule has 0 radical (unpaired) electrons. The number of likely N-dealkylation sites (tertiary alicyclic amines) is 1. The number of halogens is 2. The van der Waals surface area contributed by atoms with Gasteiger partial charge in [0.25, 0.3) is 0 Å². The third-order valence-electron chi connectivity index (χ3n) is 4.71. The van der Waals surface area contributed by atoms with Crippen molar-refractivity contribution in [2.75, 3.05) is 43.9 Å². The van der Waals surface area contributed by atoms with Gasteiger partial charge >= 0.3 is 0 Å². The highest BCUT2D eigenvalue weighted by molar-refractivity contribution is 5.94.